The van der Waals surface area contributed by atoms with E-state index < -0.39 is 0 Å². The second kappa shape index (κ2) is 10.2. The van der Waals surface area contributed by atoms with Crippen molar-refractivity contribution in [1.82, 2.24) is 19.8 Å². The van der Waals surface area contributed by atoms with Gasteiger partial charge in [0.15, 0.2) is 17.5 Å². The van der Waals surface area contributed by atoms with Gasteiger partial charge in [0.25, 0.3) is 0 Å². The first-order valence-electron chi connectivity index (χ1n) is 10.4. The molecular weight excluding hydrogens is 366 g/mol. The molecule has 0 atom stereocenters. The van der Waals surface area contributed by atoms with Crippen molar-refractivity contribution in [2.75, 3.05) is 33.9 Å². The number of unbranched alkanes of at least 4 members (excludes halogenated alkanes) is 1. The van der Waals surface area contributed by atoms with E-state index in [9.17, 15) is 0 Å². The summed E-state index contributed by atoms with van der Waals surface area (Å²) in [7, 11) is 3.37. The molecule has 1 aliphatic heterocycles. The lowest BCUT2D eigenvalue weighted by atomic mass is 9.99. The van der Waals surface area contributed by atoms with Gasteiger partial charge in [-0.05, 0) is 56.4 Å². The molecule has 7 heteroatoms. The van der Waals surface area contributed by atoms with E-state index in [2.05, 4.69) is 38.8 Å². The second-order valence-electron chi connectivity index (χ2n) is 7.26. The number of methoxy groups -OCH3 is 2. The van der Waals surface area contributed by atoms with Gasteiger partial charge in [-0.25, -0.2) is 4.98 Å². The lowest BCUT2D eigenvalue weighted by Crippen LogP contribution is -2.44. The highest BCUT2D eigenvalue weighted by Crippen LogP contribution is 2.33. The molecule has 29 heavy (non-hydrogen) atoms. The van der Waals surface area contributed by atoms with Crippen LogP contribution >= 0.6 is 0 Å². The zero-order chi connectivity index (χ0) is 20.6. The van der Waals surface area contributed by atoms with Crippen LogP contribution in [0.25, 0.3) is 0 Å². The maximum atomic E-state index is 5.48. The van der Waals surface area contributed by atoms with Crippen molar-refractivity contribution in [3.8, 4) is 11.5 Å². The number of hydrogen-bond donors (Lipinski definition) is 1. The van der Waals surface area contributed by atoms with Gasteiger partial charge in [0.05, 0.1) is 14.2 Å². The summed E-state index contributed by atoms with van der Waals surface area (Å²) >= 11 is 0. The summed E-state index contributed by atoms with van der Waals surface area (Å²) < 4.78 is 13.1. The van der Waals surface area contributed by atoms with E-state index in [4.69, 9.17) is 14.5 Å². The predicted molar refractivity (Wildman–Crippen MR) is 116 cm³/mol. The molecule has 0 amide bonds. The average Bonchev–Trinajstić information content (AvgIpc) is 3.15. The van der Waals surface area contributed by atoms with E-state index in [0.29, 0.717) is 0 Å². The van der Waals surface area contributed by atoms with Gasteiger partial charge < -0.3 is 24.3 Å². The standard InChI is InChI=1S/C22H33N5O2/c1-5-23-22(25-9-6-7-11-26-13-10-24-17(26)2)27-12-8-18-14-20(28-3)21(29-4)15-19(18)16-27/h10,13-15H,5-9,11-12,16H2,1-4H3,(H,23,25). The lowest BCUT2D eigenvalue weighted by molar-refractivity contribution is 0.346. The Morgan fingerprint density at radius 2 is 1.93 bits per heavy atom. The van der Waals surface area contributed by atoms with Crippen molar-refractivity contribution < 1.29 is 9.47 Å². The number of aliphatic imine (C=N–C) groups is 1. The van der Waals surface area contributed by atoms with Crippen LogP contribution in [0.2, 0.25) is 0 Å². The first-order chi connectivity index (χ1) is 14.2. The number of ether oxygens (including phenoxy) is 2. The summed E-state index contributed by atoms with van der Waals surface area (Å²) in [5, 5.41) is 3.45. The largest absolute Gasteiger partial charge is 0.493 e. The van der Waals surface area contributed by atoms with Crippen LogP contribution in [0, 0.1) is 6.92 Å². The minimum atomic E-state index is 0.782. The fraction of sp³-hybridized carbons (Fsp3) is 0.545. The van der Waals surface area contributed by atoms with Crippen molar-refractivity contribution >= 4 is 5.96 Å². The van der Waals surface area contributed by atoms with E-state index in [1.807, 2.05) is 19.3 Å². The molecule has 158 valence electrons. The minimum Gasteiger partial charge on any atom is -0.493 e. The zero-order valence-corrected chi connectivity index (χ0v) is 18.1. The van der Waals surface area contributed by atoms with Crippen molar-refractivity contribution in [1.29, 1.82) is 0 Å². The molecule has 2 aromatic rings. The molecule has 0 saturated heterocycles. The molecule has 0 spiro atoms. The maximum absolute atomic E-state index is 5.48. The van der Waals surface area contributed by atoms with Crippen molar-refractivity contribution in [2.24, 2.45) is 4.99 Å². The summed E-state index contributed by atoms with van der Waals surface area (Å²) in [4.78, 5) is 11.5. The fourth-order valence-electron chi connectivity index (χ4n) is 3.71. The molecule has 3 rings (SSSR count). The monoisotopic (exact) mass is 399 g/mol. The van der Waals surface area contributed by atoms with E-state index in [1.165, 1.54) is 11.1 Å². The summed E-state index contributed by atoms with van der Waals surface area (Å²) in [6.45, 7) is 8.62. The number of aryl methyl sites for hydroxylation is 2. The van der Waals surface area contributed by atoms with Gasteiger partial charge >= 0.3 is 0 Å². The third kappa shape index (κ3) is 5.22. The second-order valence-corrected chi connectivity index (χ2v) is 7.26. The fourth-order valence-corrected chi connectivity index (χ4v) is 3.71. The number of benzene rings is 1. The van der Waals surface area contributed by atoms with Crippen molar-refractivity contribution in [3.05, 3.63) is 41.5 Å². The van der Waals surface area contributed by atoms with E-state index in [1.54, 1.807) is 14.2 Å². The summed E-state index contributed by atoms with van der Waals surface area (Å²) in [6.07, 6.45) is 7.02. The van der Waals surface area contributed by atoms with E-state index >= 15 is 0 Å². The first-order valence-corrected chi connectivity index (χ1v) is 10.4. The SMILES string of the molecule is CCNC(=NCCCCn1ccnc1C)N1CCc2cc(OC)c(OC)cc2C1. The van der Waals surface area contributed by atoms with Gasteiger partial charge in [-0.1, -0.05) is 0 Å². The Balaban J connectivity index is 1.60. The van der Waals surface area contributed by atoms with Crippen LogP contribution in [0.15, 0.2) is 29.5 Å². The Bertz CT molecular complexity index is 831. The number of nitrogens with zero attached hydrogens (tertiary/aromatic N) is 4. The number of imidazole rings is 1. The quantitative estimate of drug-likeness (QED) is 0.420. The maximum Gasteiger partial charge on any atom is 0.194 e. The van der Waals surface area contributed by atoms with Crippen LogP contribution in [0.5, 0.6) is 11.5 Å². The van der Waals surface area contributed by atoms with Crippen LogP contribution in [0.1, 0.15) is 36.7 Å². The Labute approximate surface area is 173 Å². The Kier molecular flexibility index (Phi) is 7.38. The number of rotatable bonds is 8. The summed E-state index contributed by atoms with van der Waals surface area (Å²) in [6, 6.07) is 4.20. The predicted octanol–water partition coefficient (Wildman–Crippen LogP) is 3.01. The van der Waals surface area contributed by atoms with Crippen LogP contribution in [-0.4, -0.2) is 54.3 Å². The van der Waals surface area contributed by atoms with Gasteiger partial charge in [0, 0.05) is 45.1 Å². The highest BCUT2D eigenvalue weighted by atomic mass is 16.5. The van der Waals surface area contributed by atoms with Crippen molar-refractivity contribution in [2.45, 2.75) is 46.2 Å². The highest BCUT2D eigenvalue weighted by Gasteiger charge is 2.21. The lowest BCUT2D eigenvalue weighted by Gasteiger charge is -2.32. The number of nitrogens with one attached hydrogen (secondary N) is 1. The Morgan fingerprint density at radius 1 is 1.17 bits per heavy atom. The number of guanidine groups is 1. The van der Waals surface area contributed by atoms with Gasteiger partial charge in [0.1, 0.15) is 5.82 Å². The van der Waals surface area contributed by atoms with Gasteiger partial charge in [0.2, 0.25) is 0 Å². The van der Waals surface area contributed by atoms with E-state index in [-0.39, 0.29) is 0 Å². The number of aromatic nitrogens is 2. The molecule has 0 unspecified atom stereocenters. The molecule has 2 heterocycles. The molecule has 0 radical (unpaired) electrons. The van der Waals surface area contributed by atoms with E-state index in [0.717, 1.165) is 75.3 Å². The molecule has 0 bridgehead atoms. The molecule has 1 N–H and O–H groups in total. The molecule has 1 aromatic heterocycles. The zero-order valence-electron chi connectivity index (χ0n) is 18.1. The normalized spacial score (nSPS) is 13.9. The highest BCUT2D eigenvalue weighted by molar-refractivity contribution is 5.80. The van der Waals surface area contributed by atoms with Crippen LogP contribution < -0.4 is 14.8 Å². The third-order valence-corrected chi connectivity index (χ3v) is 5.34. The van der Waals surface area contributed by atoms with Gasteiger partial charge in [-0.2, -0.15) is 0 Å². The molecule has 1 aliphatic rings. The first kappa shape index (κ1) is 21.0. The summed E-state index contributed by atoms with van der Waals surface area (Å²) in [5.41, 5.74) is 2.60. The van der Waals surface area contributed by atoms with Gasteiger partial charge in [-0.15, -0.1) is 0 Å². The number of hydrogen-bond acceptors (Lipinski definition) is 4. The molecule has 0 saturated carbocycles. The molecule has 7 nitrogen and oxygen atoms in total. The Hall–Kier alpha value is -2.70. The van der Waals surface area contributed by atoms with Crippen LogP contribution in [0.3, 0.4) is 0 Å². The average molecular weight is 400 g/mol. The molecular formula is C22H33N5O2. The molecule has 0 aliphatic carbocycles. The minimum absolute atomic E-state index is 0.782. The molecule has 1 aromatic carbocycles. The topological polar surface area (TPSA) is 63.9 Å². The molecule has 0 fully saturated rings. The van der Waals surface area contributed by atoms with Gasteiger partial charge in [-0.3, -0.25) is 4.99 Å². The number of fused-ring (bicyclic) bond motifs is 1. The smallest absolute Gasteiger partial charge is 0.194 e. The third-order valence-electron chi connectivity index (χ3n) is 5.34. The Morgan fingerprint density at radius 3 is 2.59 bits per heavy atom. The van der Waals surface area contributed by atoms with Crippen LogP contribution in [-0.2, 0) is 19.5 Å². The van der Waals surface area contributed by atoms with Crippen LogP contribution in [0.4, 0.5) is 0 Å². The van der Waals surface area contributed by atoms with Crippen molar-refractivity contribution in [3.63, 3.8) is 0 Å². The summed E-state index contributed by atoms with van der Waals surface area (Å²) in [5.74, 6) is 3.64.